The summed E-state index contributed by atoms with van der Waals surface area (Å²) in [6, 6.07) is 5.41. The maximum Gasteiger partial charge on any atom is 0.259 e. The van der Waals surface area contributed by atoms with Crippen molar-refractivity contribution < 1.29 is 9.53 Å². The Labute approximate surface area is 140 Å². The van der Waals surface area contributed by atoms with E-state index in [4.69, 9.17) is 10.5 Å². The van der Waals surface area contributed by atoms with Crippen LogP contribution in [0.5, 0.6) is 0 Å². The van der Waals surface area contributed by atoms with Crippen LogP contribution in [0.4, 0.5) is 5.69 Å². The van der Waals surface area contributed by atoms with Gasteiger partial charge in [0.25, 0.3) is 5.91 Å². The first kappa shape index (κ1) is 16.5. The Morgan fingerprint density at radius 3 is 2.67 bits per heavy atom. The number of ether oxygens (including phenoxy) is 1. The maximum atomic E-state index is 12.9. The van der Waals surface area contributed by atoms with E-state index in [-0.39, 0.29) is 16.9 Å². The van der Waals surface area contributed by atoms with Crippen LogP contribution in [-0.2, 0) is 11.3 Å². The molecule has 3 rings (SSSR count). The number of benzene rings is 1. The molecule has 0 atom stereocenters. The van der Waals surface area contributed by atoms with E-state index < -0.39 is 0 Å². The largest absolute Gasteiger partial charge is 0.398 e. The van der Waals surface area contributed by atoms with Crippen molar-refractivity contribution in [2.24, 2.45) is 5.92 Å². The Balaban J connectivity index is 2.17. The fourth-order valence-electron chi connectivity index (χ4n) is 3.10. The van der Waals surface area contributed by atoms with Crippen molar-refractivity contribution in [2.75, 3.05) is 32.0 Å². The number of nitrogen functional groups attached to an aromatic ring is 1. The Kier molecular flexibility index (Phi) is 4.57. The van der Waals surface area contributed by atoms with Crippen LogP contribution in [0.1, 0.15) is 24.2 Å². The normalized spacial score (nSPS) is 15.2. The topological polar surface area (TPSA) is 77.6 Å². The molecule has 0 unspecified atom stereocenters. The highest BCUT2D eigenvalue weighted by molar-refractivity contribution is 6.00. The molecule has 1 fully saturated rings. The highest BCUT2D eigenvalue weighted by Gasteiger charge is 2.23. The monoisotopic (exact) mass is 329 g/mol. The lowest BCUT2D eigenvalue weighted by molar-refractivity contribution is 0.0301. The molecule has 24 heavy (non-hydrogen) atoms. The molecule has 0 aliphatic carbocycles. The van der Waals surface area contributed by atoms with Crippen molar-refractivity contribution in [1.82, 2.24) is 9.47 Å². The van der Waals surface area contributed by atoms with Gasteiger partial charge in [0.15, 0.2) is 0 Å². The summed E-state index contributed by atoms with van der Waals surface area (Å²) in [5.41, 5.74) is 7.12. The maximum absolute atomic E-state index is 12.9. The zero-order valence-corrected chi connectivity index (χ0v) is 14.1. The lowest BCUT2D eigenvalue weighted by Crippen LogP contribution is -2.42. The molecule has 128 valence electrons. The van der Waals surface area contributed by atoms with Gasteiger partial charge in [0.1, 0.15) is 5.56 Å². The Morgan fingerprint density at radius 2 is 2.00 bits per heavy atom. The van der Waals surface area contributed by atoms with E-state index in [0.29, 0.717) is 49.8 Å². The molecule has 0 bridgehead atoms. The fourth-order valence-corrected chi connectivity index (χ4v) is 3.10. The Hall–Kier alpha value is -2.34. The van der Waals surface area contributed by atoms with Crippen molar-refractivity contribution in [2.45, 2.75) is 20.4 Å². The average molecular weight is 329 g/mol. The van der Waals surface area contributed by atoms with Gasteiger partial charge < -0.3 is 19.9 Å². The zero-order chi connectivity index (χ0) is 17.3. The van der Waals surface area contributed by atoms with Gasteiger partial charge in [-0.15, -0.1) is 0 Å². The molecule has 0 spiro atoms. The van der Waals surface area contributed by atoms with Gasteiger partial charge in [-0.1, -0.05) is 19.9 Å². The number of hydrogen-bond donors (Lipinski definition) is 1. The lowest BCUT2D eigenvalue weighted by atomic mass is 10.1. The van der Waals surface area contributed by atoms with Gasteiger partial charge in [0.2, 0.25) is 5.43 Å². The van der Waals surface area contributed by atoms with Gasteiger partial charge in [-0.25, -0.2) is 0 Å². The Bertz CT molecular complexity index is 820. The van der Waals surface area contributed by atoms with Gasteiger partial charge in [-0.3, -0.25) is 9.59 Å². The second kappa shape index (κ2) is 6.65. The van der Waals surface area contributed by atoms with Crippen LogP contribution in [0.3, 0.4) is 0 Å². The van der Waals surface area contributed by atoms with Crippen molar-refractivity contribution >= 4 is 22.5 Å². The van der Waals surface area contributed by atoms with Crippen molar-refractivity contribution in [3.63, 3.8) is 0 Å². The number of carbonyl (C=O) groups excluding carboxylic acids is 1. The van der Waals surface area contributed by atoms with Crippen LogP contribution >= 0.6 is 0 Å². The van der Waals surface area contributed by atoms with Gasteiger partial charge in [0.05, 0.1) is 24.1 Å². The molecular weight excluding hydrogens is 306 g/mol. The fraction of sp³-hybridized carbons (Fsp3) is 0.444. The van der Waals surface area contributed by atoms with Crippen LogP contribution in [-0.4, -0.2) is 41.7 Å². The average Bonchev–Trinajstić information content (AvgIpc) is 2.57. The van der Waals surface area contributed by atoms with Crippen molar-refractivity contribution in [1.29, 1.82) is 0 Å². The molecule has 2 heterocycles. The zero-order valence-electron chi connectivity index (χ0n) is 14.1. The summed E-state index contributed by atoms with van der Waals surface area (Å²) >= 11 is 0. The number of aromatic nitrogens is 1. The number of rotatable bonds is 3. The van der Waals surface area contributed by atoms with E-state index in [0.717, 1.165) is 5.52 Å². The highest BCUT2D eigenvalue weighted by atomic mass is 16.5. The number of fused-ring (bicyclic) bond motifs is 1. The summed E-state index contributed by atoms with van der Waals surface area (Å²) in [7, 11) is 0. The van der Waals surface area contributed by atoms with Crippen LogP contribution in [0, 0.1) is 5.92 Å². The third-order valence-electron chi connectivity index (χ3n) is 4.23. The molecule has 6 heteroatoms. The number of carbonyl (C=O) groups is 1. The van der Waals surface area contributed by atoms with Gasteiger partial charge in [-0.05, 0) is 18.1 Å². The van der Waals surface area contributed by atoms with Crippen LogP contribution in [0.25, 0.3) is 10.9 Å². The number of hydrogen-bond acceptors (Lipinski definition) is 4. The van der Waals surface area contributed by atoms with Crippen molar-refractivity contribution in [3.8, 4) is 0 Å². The van der Waals surface area contributed by atoms with Crippen LogP contribution in [0.2, 0.25) is 0 Å². The number of nitrogens with two attached hydrogens (primary N) is 1. The summed E-state index contributed by atoms with van der Waals surface area (Å²) < 4.78 is 7.25. The third kappa shape index (κ3) is 3.01. The summed E-state index contributed by atoms with van der Waals surface area (Å²) in [5.74, 6) is 0.134. The third-order valence-corrected chi connectivity index (χ3v) is 4.23. The first-order valence-electron chi connectivity index (χ1n) is 8.27. The molecule has 1 aliphatic rings. The quantitative estimate of drug-likeness (QED) is 0.870. The predicted molar refractivity (Wildman–Crippen MR) is 94.2 cm³/mol. The van der Waals surface area contributed by atoms with E-state index in [1.54, 1.807) is 17.2 Å². The molecule has 2 aromatic rings. The van der Waals surface area contributed by atoms with Crippen LogP contribution < -0.4 is 11.2 Å². The molecule has 1 aromatic heterocycles. The van der Waals surface area contributed by atoms with E-state index in [9.17, 15) is 9.59 Å². The molecule has 1 amide bonds. The molecule has 0 saturated carbocycles. The molecule has 0 radical (unpaired) electrons. The van der Waals surface area contributed by atoms with E-state index in [1.807, 2.05) is 16.7 Å². The number of amides is 1. The van der Waals surface area contributed by atoms with E-state index in [1.165, 1.54) is 0 Å². The first-order valence-corrected chi connectivity index (χ1v) is 8.27. The minimum Gasteiger partial charge on any atom is -0.398 e. The standard InChI is InChI=1S/C18H23N3O3/c1-12(2)10-21-11-13(18(23)20-6-8-24-9-7-20)17(22)16-14(19)4-3-5-15(16)21/h3-5,11-12H,6-10,19H2,1-2H3. The van der Waals surface area contributed by atoms with Crippen molar-refractivity contribution in [3.05, 3.63) is 40.2 Å². The summed E-state index contributed by atoms with van der Waals surface area (Å²) in [6.07, 6.45) is 1.68. The summed E-state index contributed by atoms with van der Waals surface area (Å²) in [5, 5.41) is 0.428. The van der Waals surface area contributed by atoms with Crippen LogP contribution in [0.15, 0.2) is 29.2 Å². The summed E-state index contributed by atoms with van der Waals surface area (Å²) in [6.45, 7) is 6.92. The SMILES string of the molecule is CC(C)Cn1cc(C(=O)N2CCOCC2)c(=O)c2c(N)cccc21. The lowest BCUT2D eigenvalue weighted by Gasteiger charge is -2.27. The number of anilines is 1. The molecule has 1 aliphatic heterocycles. The van der Waals surface area contributed by atoms with Gasteiger partial charge in [0, 0.05) is 31.5 Å². The molecule has 1 saturated heterocycles. The highest BCUT2D eigenvalue weighted by Crippen LogP contribution is 2.20. The number of pyridine rings is 1. The molecule has 1 aromatic carbocycles. The second-order valence-corrected chi connectivity index (χ2v) is 6.56. The number of morpholine rings is 1. The van der Waals surface area contributed by atoms with Gasteiger partial charge >= 0.3 is 0 Å². The minimum absolute atomic E-state index is 0.183. The second-order valence-electron chi connectivity index (χ2n) is 6.56. The number of nitrogens with zero attached hydrogens (tertiary/aromatic N) is 2. The van der Waals surface area contributed by atoms with E-state index >= 15 is 0 Å². The molecule has 2 N–H and O–H groups in total. The Morgan fingerprint density at radius 1 is 1.29 bits per heavy atom. The van der Waals surface area contributed by atoms with Gasteiger partial charge in [-0.2, -0.15) is 0 Å². The predicted octanol–water partition coefficient (Wildman–Crippen LogP) is 1.71. The molecule has 6 nitrogen and oxygen atoms in total. The smallest absolute Gasteiger partial charge is 0.259 e. The summed E-state index contributed by atoms with van der Waals surface area (Å²) in [4.78, 5) is 27.4. The first-order chi connectivity index (χ1) is 11.5. The van der Waals surface area contributed by atoms with E-state index in [2.05, 4.69) is 13.8 Å². The molecular formula is C18H23N3O3. The minimum atomic E-state index is -0.292.